The van der Waals surface area contributed by atoms with E-state index in [2.05, 4.69) is 5.32 Å². The Balaban J connectivity index is 1.60. The Bertz CT molecular complexity index is 1200. The van der Waals surface area contributed by atoms with Crippen molar-refractivity contribution in [1.29, 1.82) is 0 Å². The first-order valence-electron chi connectivity index (χ1n) is 10.3. The predicted molar refractivity (Wildman–Crippen MR) is 124 cm³/mol. The standard InChI is InChI=1S/C25H21ClFN3O3/c1-16-3-2-4-21(13-16)30-24(32)22(14-23(31)28-20-11-7-18(26)8-12-20)29(25(30)33)15-17-5-9-19(27)10-6-17/h2-13,22H,14-15H2,1H3,(H,28,31)/t22-/m0/s1. The SMILES string of the molecule is Cc1cccc(N2C(=O)[C@H](CC(=O)Nc3ccc(Cl)cc3)N(Cc3ccc(F)cc3)C2=O)c1. The Morgan fingerprint density at radius 1 is 1.03 bits per heavy atom. The van der Waals surface area contributed by atoms with E-state index in [0.29, 0.717) is 22.0 Å². The molecule has 0 saturated carbocycles. The lowest BCUT2D eigenvalue weighted by molar-refractivity contribution is -0.124. The first-order chi connectivity index (χ1) is 15.8. The van der Waals surface area contributed by atoms with Crippen LogP contribution in [-0.2, 0) is 16.1 Å². The molecule has 3 aromatic rings. The number of benzene rings is 3. The highest BCUT2D eigenvalue weighted by molar-refractivity contribution is 6.30. The van der Waals surface area contributed by atoms with Crippen LogP contribution in [0.3, 0.4) is 0 Å². The van der Waals surface area contributed by atoms with Gasteiger partial charge in [-0.05, 0) is 66.6 Å². The number of carbonyl (C=O) groups excluding carboxylic acids is 3. The van der Waals surface area contributed by atoms with Crippen molar-refractivity contribution in [3.05, 3.63) is 94.8 Å². The predicted octanol–water partition coefficient (Wildman–Crippen LogP) is 5.15. The Morgan fingerprint density at radius 3 is 2.39 bits per heavy atom. The first kappa shape index (κ1) is 22.5. The number of nitrogens with one attached hydrogen (secondary N) is 1. The Hall–Kier alpha value is -3.71. The molecule has 8 heteroatoms. The van der Waals surface area contributed by atoms with Crippen molar-refractivity contribution in [3.63, 3.8) is 0 Å². The topological polar surface area (TPSA) is 69.7 Å². The lowest BCUT2D eigenvalue weighted by Gasteiger charge is -2.21. The molecule has 0 aliphatic carbocycles. The number of rotatable bonds is 6. The van der Waals surface area contributed by atoms with E-state index in [-0.39, 0.29) is 13.0 Å². The van der Waals surface area contributed by atoms with E-state index >= 15 is 0 Å². The number of anilines is 2. The summed E-state index contributed by atoms with van der Waals surface area (Å²) in [6, 6.07) is 17.8. The van der Waals surface area contributed by atoms with E-state index in [1.165, 1.54) is 17.0 Å². The highest BCUT2D eigenvalue weighted by Gasteiger charge is 2.46. The minimum absolute atomic E-state index is 0.0616. The molecule has 0 aromatic heterocycles. The maximum absolute atomic E-state index is 13.3. The molecule has 33 heavy (non-hydrogen) atoms. The Labute approximate surface area is 195 Å². The fourth-order valence-corrected chi connectivity index (χ4v) is 3.85. The fraction of sp³-hybridized carbons (Fsp3) is 0.160. The van der Waals surface area contributed by atoms with Gasteiger partial charge in [-0.3, -0.25) is 9.59 Å². The zero-order valence-electron chi connectivity index (χ0n) is 17.8. The van der Waals surface area contributed by atoms with Crippen LogP contribution in [0.2, 0.25) is 5.02 Å². The zero-order valence-corrected chi connectivity index (χ0v) is 18.6. The van der Waals surface area contributed by atoms with Crippen molar-refractivity contribution in [2.24, 2.45) is 0 Å². The minimum Gasteiger partial charge on any atom is -0.326 e. The van der Waals surface area contributed by atoms with Crippen molar-refractivity contribution < 1.29 is 18.8 Å². The van der Waals surface area contributed by atoms with Gasteiger partial charge in [0.2, 0.25) is 5.91 Å². The fourth-order valence-electron chi connectivity index (χ4n) is 3.73. The first-order valence-corrected chi connectivity index (χ1v) is 10.7. The lowest BCUT2D eigenvalue weighted by Crippen LogP contribution is -2.37. The van der Waals surface area contributed by atoms with E-state index in [9.17, 15) is 18.8 Å². The molecule has 1 heterocycles. The molecule has 0 bridgehead atoms. The van der Waals surface area contributed by atoms with Gasteiger partial charge in [0.25, 0.3) is 5.91 Å². The molecule has 1 saturated heterocycles. The van der Waals surface area contributed by atoms with Crippen LogP contribution in [0.4, 0.5) is 20.6 Å². The largest absolute Gasteiger partial charge is 0.332 e. The van der Waals surface area contributed by atoms with Gasteiger partial charge in [0.1, 0.15) is 11.9 Å². The molecule has 6 nitrogen and oxygen atoms in total. The third-order valence-electron chi connectivity index (χ3n) is 5.35. The van der Waals surface area contributed by atoms with Gasteiger partial charge in [0, 0.05) is 17.3 Å². The summed E-state index contributed by atoms with van der Waals surface area (Å²) in [5.41, 5.74) is 2.50. The number of imide groups is 1. The number of amides is 4. The molecule has 0 spiro atoms. The maximum atomic E-state index is 13.3. The smallest absolute Gasteiger partial charge is 0.326 e. The number of carbonyl (C=O) groups is 3. The summed E-state index contributed by atoms with van der Waals surface area (Å²) in [6.45, 7) is 1.92. The van der Waals surface area contributed by atoms with Gasteiger partial charge in [0.15, 0.2) is 0 Å². The average molecular weight is 466 g/mol. The van der Waals surface area contributed by atoms with Gasteiger partial charge in [-0.15, -0.1) is 0 Å². The van der Waals surface area contributed by atoms with Crippen molar-refractivity contribution in [3.8, 4) is 0 Å². The van der Waals surface area contributed by atoms with E-state index in [4.69, 9.17) is 11.6 Å². The normalized spacial score (nSPS) is 15.8. The summed E-state index contributed by atoms with van der Waals surface area (Å²) < 4.78 is 13.3. The molecule has 168 valence electrons. The molecule has 4 rings (SSSR count). The van der Waals surface area contributed by atoms with Gasteiger partial charge >= 0.3 is 6.03 Å². The molecule has 1 aliphatic rings. The highest BCUT2D eigenvalue weighted by atomic mass is 35.5. The molecule has 1 atom stereocenters. The average Bonchev–Trinajstić information content (AvgIpc) is 3.00. The van der Waals surface area contributed by atoms with E-state index in [1.54, 1.807) is 54.6 Å². The summed E-state index contributed by atoms with van der Waals surface area (Å²) >= 11 is 5.88. The lowest BCUT2D eigenvalue weighted by atomic mass is 10.1. The van der Waals surface area contributed by atoms with Crippen LogP contribution in [0, 0.1) is 12.7 Å². The minimum atomic E-state index is -1.00. The second-order valence-electron chi connectivity index (χ2n) is 7.82. The Kier molecular flexibility index (Phi) is 6.42. The number of halogens is 2. The second-order valence-corrected chi connectivity index (χ2v) is 8.26. The molecule has 3 aromatic carbocycles. The van der Waals surface area contributed by atoms with Crippen molar-refractivity contribution >= 4 is 40.8 Å². The zero-order chi connectivity index (χ0) is 23.5. The van der Waals surface area contributed by atoms with E-state index < -0.39 is 29.7 Å². The van der Waals surface area contributed by atoms with Crippen molar-refractivity contribution in [1.82, 2.24) is 4.90 Å². The number of hydrogen-bond donors (Lipinski definition) is 1. The monoisotopic (exact) mass is 465 g/mol. The molecular formula is C25H21ClFN3O3. The second kappa shape index (κ2) is 9.42. The molecule has 0 unspecified atom stereocenters. The van der Waals surface area contributed by atoms with Crippen LogP contribution in [0.25, 0.3) is 0 Å². The highest BCUT2D eigenvalue weighted by Crippen LogP contribution is 2.29. The van der Waals surface area contributed by atoms with Crippen LogP contribution in [0.1, 0.15) is 17.5 Å². The Morgan fingerprint density at radius 2 is 1.73 bits per heavy atom. The maximum Gasteiger partial charge on any atom is 0.332 e. The summed E-state index contributed by atoms with van der Waals surface area (Å²) in [4.78, 5) is 41.8. The summed E-state index contributed by atoms with van der Waals surface area (Å²) in [6.07, 6.45) is -0.225. The van der Waals surface area contributed by atoms with Gasteiger partial charge in [-0.2, -0.15) is 0 Å². The van der Waals surface area contributed by atoms with Gasteiger partial charge < -0.3 is 10.2 Å². The quantitative estimate of drug-likeness (QED) is 0.511. The number of aryl methyl sites for hydroxylation is 1. The summed E-state index contributed by atoms with van der Waals surface area (Å²) in [7, 11) is 0. The molecular weight excluding hydrogens is 445 g/mol. The van der Waals surface area contributed by atoms with Crippen LogP contribution < -0.4 is 10.2 Å². The third-order valence-corrected chi connectivity index (χ3v) is 5.60. The van der Waals surface area contributed by atoms with Crippen molar-refractivity contribution in [2.45, 2.75) is 25.9 Å². The molecule has 4 amide bonds. The third kappa shape index (κ3) is 5.04. The molecule has 0 radical (unpaired) electrons. The molecule has 1 fully saturated rings. The van der Waals surface area contributed by atoms with Crippen LogP contribution in [-0.4, -0.2) is 28.8 Å². The molecule has 1 aliphatic heterocycles. The summed E-state index contributed by atoms with van der Waals surface area (Å²) in [5.74, 6) is -1.31. The van der Waals surface area contributed by atoms with E-state index in [1.807, 2.05) is 13.0 Å². The number of hydrogen-bond acceptors (Lipinski definition) is 3. The number of urea groups is 1. The van der Waals surface area contributed by atoms with Crippen LogP contribution in [0.15, 0.2) is 72.8 Å². The molecule has 1 N–H and O–H groups in total. The van der Waals surface area contributed by atoms with Gasteiger partial charge in [0.05, 0.1) is 12.1 Å². The van der Waals surface area contributed by atoms with Crippen molar-refractivity contribution in [2.75, 3.05) is 10.2 Å². The summed E-state index contributed by atoms with van der Waals surface area (Å²) in [5, 5.41) is 3.26. The van der Waals surface area contributed by atoms with Gasteiger partial charge in [-0.1, -0.05) is 35.9 Å². The number of nitrogens with zero attached hydrogens (tertiary/aromatic N) is 2. The van der Waals surface area contributed by atoms with E-state index in [0.717, 1.165) is 10.5 Å². The van der Waals surface area contributed by atoms with Crippen LogP contribution in [0.5, 0.6) is 0 Å². The van der Waals surface area contributed by atoms with Crippen LogP contribution >= 0.6 is 11.6 Å². The van der Waals surface area contributed by atoms with Gasteiger partial charge in [-0.25, -0.2) is 14.1 Å².